The highest BCUT2D eigenvalue weighted by Gasteiger charge is 2.26. The molecule has 1 aromatic heterocycles. The van der Waals surface area contributed by atoms with Crippen LogP contribution in [0.1, 0.15) is 48.3 Å². The molecule has 2 aromatic rings. The van der Waals surface area contributed by atoms with Gasteiger partial charge in [-0.15, -0.1) is 0 Å². The molecule has 0 spiro atoms. The molecule has 8 nitrogen and oxygen atoms in total. The summed E-state index contributed by atoms with van der Waals surface area (Å²) in [6.07, 6.45) is 5.66. The first kappa shape index (κ1) is 27.7. The monoisotopic (exact) mass is 517 g/mol. The standard InChI is InChI=1S/C30H39N5O3/c1-19-13-20(2)33-30(37)27(19)17-32-29(36)26-14-23(22-7-8-24(31-16-22)18-34(4)5)15-28(21(26)3)35(6)25-9-11-38-12-10-25/h7-8,13-16,25,27H,9-12,17-18H2,1-6H3,(H,32,36). The quantitative estimate of drug-likeness (QED) is 0.569. The fourth-order valence-electron chi connectivity index (χ4n) is 5.20. The van der Waals surface area contributed by atoms with E-state index in [4.69, 9.17) is 4.74 Å². The molecule has 4 rings (SSSR count). The number of amides is 2. The van der Waals surface area contributed by atoms with E-state index >= 15 is 0 Å². The third kappa shape index (κ3) is 6.37. The molecule has 1 atom stereocenters. The maximum atomic E-state index is 13.6. The Morgan fingerprint density at radius 3 is 2.45 bits per heavy atom. The highest BCUT2D eigenvalue weighted by molar-refractivity contribution is 6.06. The molecule has 0 bridgehead atoms. The SMILES string of the molecule is CC1=CC(C)=NC(=O)C1CNC(=O)c1cc(-c2ccc(CN(C)C)nc2)cc(N(C)C2CCOCC2)c1C. The smallest absolute Gasteiger partial charge is 0.254 e. The van der Waals surface area contributed by atoms with Crippen molar-refractivity contribution in [1.29, 1.82) is 0 Å². The molecule has 8 heteroatoms. The van der Waals surface area contributed by atoms with Gasteiger partial charge in [-0.1, -0.05) is 11.6 Å². The number of aliphatic imine (C=N–C) groups is 1. The minimum atomic E-state index is -0.441. The predicted octanol–water partition coefficient (Wildman–Crippen LogP) is 4.03. The molecule has 38 heavy (non-hydrogen) atoms. The molecule has 0 aliphatic carbocycles. The number of allylic oxidation sites excluding steroid dienone is 1. The number of carbonyl (C=O) groups is 2. The Kier molecular flexibility index (Phi) is 8.74. The Morgan fingerprint density at radius 1 is 1.08 bits per heavy atom. The zero-order valence-electron chi connectivity index (χ0n) is 23.4. The minimum Gasteiger partial charge on any atom is -0.381 e. The fraction of sp³-hybridized carbons (Fsp3) is 0.467. The molecule has 0 radical (unpaired) electrons. The predicted molar refractivity (Wildman–Crippen MR) is 152 cm³/mol. The van der Waals surface area contributed by atoms with Gasteiger partial charge in [-0.05, 0) is 83.1 Å². The van der Waals surface area contributed by atoms with E-state index < -0.39 is 5.92 Å². The molecule has 1 aromatic carbocycles. The molecule has 1 unspecified atom stereocenters. The number of rotatable bonds is 8. The summed E-state index contributed by atoms with van der Waals surface area (Å²) in [4.78, 5) is 39.1. The summed E-state index contributed by atoms with van der Waals surface area (Å²) in [5.41, 5.74) is 7.01. The van der Waals surface area contributed by atoms with E-state index in [1.54, 1.807) is 0 Å². The van der Waals surface area contributed by atoms with Crippen LogP contribution in [-0.2, 0) is 16.1 Å². The van der Waals surface area contributed by atoms with E-state index in [1.165, 1.54) is 0 Å². The summed E-state index contributed by atoms with van der Waals surface area (Å²) < 4.78 is 5.58. The van der Waals surface area contributed by atoms with Crippen LogP contribution in [0.15, 0.2) is 47.1 Å². The van der Waals surface area contributed by atoms with Crippen molar-refractivity contribution < 1.29 is 14.3 Å². The molecule has 1 N–H and O–H groups in total. The maximum Gasteiger partial charge on any atom is 0.254 e. The van der Waals surface area contributed by atoms with Crippen LogP contribution in [0, 0.1) is 12.8 Å². The molecular weight excluding hydrogens is 478 g/mol. The first-order valence-corrected chi connectivity index (χ1v) is 13.2. The Labute approximate surface area is 225 Å². The number of benzene rings is 1. The van der Waals surface area contributed by atoms with E-state index in [1.807, 2.05) is 59.3 Å². The first-order chi connectivity index (χ1) is 18.1. The van der Waals surface area contributed by atoms with Gasteiger partial charge in [0, 0.05) is 68.1 Å². The number of pyridine rings is 1. The van der Waals surface area contributed by atoms with Gasteiger partial charge in [-0.25, -0.2) is 4.99 Å². The third-order valence-electron chi connectivity index (χ3n) is 7.42. The second-order valence-corrected chi connectivity index (χ2v) is 10.6. The van der Waals surface area contributed by atoms with Crippen LogP contribution in [0.2, 0.25) is 0 Å². The van der Waals surface area contributed by atoms with Crippen LogP contribution < -0.4 is 10.2 Å². The Hall–Kier alpha value is -3.36. The molecule has 3 heterocycles. The van der Waals surface area contributed by atoms with Crippen molar-refractivity contribution in [3.63, 3.8) is 0 Å². The van der Waals surface area contributed by atoms with Crippen LogP contribution >= 0.6 is 0 Å². The van der Waals surface area contributed by atoms with Gasteiger partial charge in [0.2, 0.25) is 0 Å². The summed E-state index contributed by atoms with van der Waals surface area (Å²) in [5.74, 6) is -0.851. The molecule has 2 aliphatic heterocycles. The first-order valence-electron chi connectivity index (χ1n) is 13.2. The van der Waals surface area contributed by atoms with Crippen LogP contribution in [0.4, 0.5) is 5.69 Å². The van der Waals surface area contributed by atoms with Gasteiger partial charge >= 0.3 is 0 Å². The number of dihydropyridines is 1. The molecule has 202 valence electrons. The van der Waals surface area contributed by atoms with Crippen molar-refractivity contribution in [3.8, 4) is 11.1 Å². The summed E-state index contributed by atoms with van der Waals surface area (Å²) in [6.45, 7) is 8.16. The van der Waals surface area contributed by atoms with Crippen LogP contribution in [0.25, 0.3) is 11.1 Å². The van der Waals surface area contributed by atoms with Gasteiger partial charge in [0.25, 0.3) is 11.8 Å². The normalized spacial score (nSPS) is 18.3. The number of anilines is 1. The van der Waals surface area contributed by atoms with Crippen molar-refractivity contribution in [2.75, 3.05) is 45.8 Å². The van der Waals surface area contributed by atoms with E-state index in [9.17, 15) is 9.59 Å². The second-order valence-electron chi connectivity index (χ2n) is 10.6. The molecule has 1 fully saturated rings. The van der Waals surface area contributed by atoms with Crippen molar-refractivity contribution in [2.24, 2.45) is 10.9 Å². The Balaban J connectivity index is 1.65. The zero-order chi connectivity index (χ0) is 27.4. The zero-order valence-corrected chi connectivity index (χ0v) is 23.4. The fourth-order valence-corrected chi connectivity index (χ4v) is 5.20. The number of carbonyl (C=O) groups excluding carboxylic acids is 2. The number of hydrogen-bond acceptors (Lipinski definition) is 6. The molecule has 1 saturated heterocycles. The minimum absolute atomic E-state index is 0.199. The van der Waals surface area contributed by atoms with E-state index in [2.05, 4.69) is 44.3 Å². The van der Waals surface area contributed by atoms with Crippen molar-refractivity contribution in [1.82, 2.24) is 15.2 Å². The highest BCUT2D eigenvalue weighted by atomic mass is 16.5. The van der Waals surface area contributed by atoms with Crippen LogP contribution in [0.5, 0.6) is 0 Å². The lowest BCUT2D eigenvalue weighted by atomic mass is 9.94. The topological polar surface area (TPSA) is 87.1 Å². The number of nitrogens with one attached hydrogen (secondary N) is 1. The van der Waals surface area contributed by atoms with Gasteiger partial charge in [-0.3, -0.25) is 14.6 Å². The van der Waals surface area contributed by atoms with E-state index in [0.29, 0.717) is 17.3 Å². The highest BCUT2D eigenvalue weighted by Crippen LogP contribution is 2.33. The number of aromatic nitrogens is 1. The maximum absolute atomic E-state index is 13.6. The Morgan fingerprint density at radius 2 is 1.82 bits per heavy atom. The summed E-state index contributed by atoms with van der Waals surface area (Å²) in [5, 5.41) is 3.01. The molecular formula is C30H39N5O3. The largest absolute Gasteiger partial charge is 0.381 e. The van der Waals surface area contributed by atoms with Crippen molar-refractivity contribution >= 4 is 23.2 Å². The summed E-state index contributed by atoms with van der Waals surface area (Å²) in [7, 11) is 6.13. The number of hydrogen-bond donors (Lipinski definition) is 1. The van der Waals surface area contributed by atoms with Gasteiger partial charge in [-0.2, -0.15) is 0 Å². The van der Waals surface area contributed by atoms with Crippen LogP contribution in [0.3, 0.4) is 0 Å². The third-order valence-corrected chi connectivity index (χ3v) is 7.42. The Bertz CT molecular complexity index is 1240. The van der Waals surface area contributed by atoms with E-state index in [-0.39, 0.29) is 18.4 Å². The molecule has 0 saturated carbocycles. The van der Waals surface area contributed by atoms with Crippen molar-refractivity contribution in [3.05, 3.63) is 58.9 Å². The lowest BCUT2D eigenvalue weighted by Crippen LogP contribution is -2.38. The number of nitrogens with zero attached hydrogens (tertiary/aromatic N) is 4. The lowest BCUT2D eigenvalue weighted by Gasteiger charge is -2.34. The van der Waals surface area contributed by atoms with Gasteiger partial charge in [0.05, 0.1) is 11.6 Å². The van der Waals surface area contributed by atoms with Crippen molar-refractivity contribution in [2.45, 2.75) is 46.2 Å². The lowest BCUT2D eigenvalue weighted by molar-refractivity contribution is -0.120. The summed E-state index contributed by atoms with van der Waals surface area (Å²) >= 11 is 0. The number of ether oxygens (including phenoxy) is 1. The summed E-state index contributed by atoms with van der Waals surface area (Å²) in [6, 6.07) is 8.51. The second kappa shape index (κ2) is 12.0. The van der Waals surface area contributed by atoms with Crippen LogP contribution in [-0.4, -0.2) is 74.4 Å². The average Bonchev–Trinajstić information content (AvgIpc) is 2.88. The van der Waals surface area contributed by atoms with E-state index in [0.717, 1.165) is 66.2 Å². The molecule has 2 aliphatic rings. The van der Waals surface area contributed by atoms with Gasteiger partial charge in [0.15, 0.2) is 0 Å². The van der Waals surface area contributed by atoms with Gasteiger partial charge < -0.3 is 19.9 Å². The van der Waals surface area contributed by atoms with Gasteiger partial charge in [0.1, 0.15) is 0 Å². The average molecular weight is 518 g/mol. The molecule has 2 amide bonds.